The van der Waals surface area contributed by atoms with Crippen molar-refractivity contribution in [1.82, 2.24) is 24.8 Å². The van der Waals surface area contributed by atoms with Crippen molar-refractivity contribution in [2.24, 2.45) is 0 Å². The van der Waals surface area contributed by atoms with Crippen LogP contribution in [0.15, 0.2) is 67.1 Å². The van der Waals surface area contributed by atoms with E-state index in [4.69, 9.17) is 9.72 Å². The molecule has 7 rings (SSSR count). The van der Waals surface area contributed by atoms with E-state index in [0.717, 1.165) is 28.3 Å². The van der Waals surface area contributed by atoms with Gasteiger partial charge >= 0.3 is 0 Å². The van der Waals surface area contributed by atoms with Crippen LogP contribution in [-0.2, 0) is 33.4 Å². The maximum atomic E-state index is 13.8. The van der Waals surface area contributed by atoms with Gasteiger partial charge in [-0.15, -0.1) is 0 Å². The minimum Gasteiger partial charge on any atom is -0.373 e. The van der Waals surface area contributed by atoms with Crippen LogP contribution >= 0.6 is 0 Å². The van der Waals surface area contributed by atoms with Crippen LogP contribution in [0.5, 0.6) is 0 Å². The number of carbonyl (C=O) groups is 2. The normalized spacial score (nSPS) is 24.2. The van der Waals surface area contributed by atoms with Crippen LogP contribution < -0.4 is 10.6 Å². The molecule has 1 aliphatic carbocycles. The van der Waals surface area contributed by atoms with Crippen molar-refractivity contribution in [2.45, 2.75) is 69.1 Å². The lowest BCUT2D eigenvalue weighted by molar-refractivity contribution is -0.120. The van der Waals surface area contributed by atoms with E-state index in [-0.39, 0.29) is 29.8 Å². The Morgan fingerprint density at radius 1 is 1.10 bits per heavy atom. The minimum absolute atomic E-state index is 0.0647. The van der Waals surface area contributed by atoms with Gasteiger partial charge in [-0.05, 0) is 56.9 Å². The van der Waals surface area contributed by atoms with Crippen molar-refractivity contribution in [1.29, 1.82) is 0 Å². The summed E-state index contributed by atoms with van der Waals surface area (Å²) >= 11 is 0. The largest absolute Gasteiger partial charge is 0.373 e. The van der Waals surface area contributed by atoms with Crippen LogP contribution in [-0.4, -0.2) is 38.4 Å². The summed E-state index contributed by atoms with van der Waals surface area (Å²) in [4.78, 5) is 40.7. The highest BCUT2D eigenvalue weighted by molar-refractivity contribution is 6.06. The smallest absolute Gasteiger partial charge is 0.253 e. The molecule has 214 valence electrons. The van der Waals surface area contributed by atoms with Gasteiger partial charge in [0.2, 0.25) is 5.91 Å². The number of rotatable bonds is 5. The molecule has 2 aliphatic heterocycles. The molecule has 42 heavy (non-hydrogen) atoms. The molecule has 5 heterocycles. The fourth-order valence-electron chi connectivity index (χ4n) is 7.07. The second-order valence-corrected chi connectivity index (χ2v) is 12.2. The molecule has 2 amide bonds. The number of pyridine rings is 2. The summed E-state index contributed by atoms with van der Waals surface area (Å²) in [5.41, 5.74) is 4.04. The first-order valence-electron chi connectivity index (χ1n) is 14.4. The van der Waals surface area contributed by atoms with Gasteiger partial charge in [-0.25, -0.2) is 9.97 Å². The predicted octanol–water partition coefficient (Wildman–Crippen LogP) is 4.76. The summed E-state index contributed by atoms with van der Waals surface area (Å²) in [6.07, 6.45) is 6.86. The molecule has 9 nitrogen and oxygen atoms in total. The van der Waals surface area contributed by atoms with Crippen molar-refractivity contribution in [3.63, 3.8) is 0 Å². The number of hydrogen-bond acceptors (Lipinski definition) is 6. The first-order valence-corrected chi connectivity index (χ1v) is 14.4. The van der Waals surface area contributed by atoms with Gasteiger partial charge in [0, 0.05) is 49.1 Å². The Morgan fingerprint density at radius 2 is 1.90 bits per heavy atom. The Morgan fingerprint density at radius 3 is 2.69 bits per heavy atom. The molecule has 1 aromatic carbocycles. The highest BCUT2D eigenvalue weighted by Crippen LogP contribution is 2.47. The molecule has 0 fully saturated rings. The topological polar surface area (TPSA) is 111 Å². The number of aromatic nitrogens is 4. The summed E-state index contributed by atoms with van der Waals surface area (Å²) < 4.78 is 8.09. The first-order chi connectivity index (χ1) is 20.2. The highest BCUT2D eigenvalue weighted by atomic mass is 16.5. The fourth-order valence-corrected chi connectivity index (χ4v) is 7.07. The van der Waals surface area contributed by atoms with Gasteiger partial charge in [0.25, 0.3) is 5.91 Å². The maximum Gasteiger partial charge on any atom is 0.253 e. The molecular formula is C33H34N6O3. The van der Waals surface area contributed by atoms with Crippen molar-refractivity contribution in [3.05, 3.63) is 107 Å². The average Bonchev–Trinajstić information content (AvgIpc) is 3.69. The van der Waals surface area contributed by atoms with Crippen LogP contribution in [0.1, 0.15) is 89.5 Å². The SMILES string of the molecule is COC(C)(C)c1cnc2n1C(C)[C@H](c1ccccc1)C[C@@H]2NC(=O)c1cnc2c(c1)CC1(C2)C(=O)Nc2ncccc21. The third-order valence-electron chi connectivity index (χ3n) is 9.55. The molecule has 3 aromatic heterocycles. The molecular weight excluding hydrogens is 528 g/mol. The van der Waals surface area contributed by atoms with Gasteiger partial charge in [-0.3, -0.25) is 14.6 Å². The number of methoxy groups -OCH3 is 1. The molecule has 2 unspecified atom stereocenters. The van der Waals surface area contributed by atoms with E-state index in [2.05, 4.69) is 56.4 Å². The van der Waals surface area contributed by atoms with Crippen LogP contribution in [0.2, 0.25) is 0 Å². The van der Waals surface area contributed by atoms with Crippen LogP contribution in [0, 0.1) is 0 Å². The molecule has 2 N–H and O–H groups in total. The van der Waals surface area contributed by atoms with Crippen molar-refractivity contribution in [3.8, 4) is 0 Å². The summed E-state index contributed by atoms with van der Waals surface area (Å²) in [6.45, 7) is 6.28. The second kappa shape index (κ2) is 9.59. The van der Waals surface area contributed by atoms with Crippen molar-refractivity contribution >= 4 is 17.6 Å². The Balaban J connectivity index is 1.20. The number of fused-ring (bicyclic) bond motifs is 4. The van der Waals surface area contributed by atoms with E-state index >= 15 is 0 Å². The lowest BCUT2D eigenvalue weighted by Gasteiger charge is -2.39. The third kappa shape index (κ3) is 3.98. The second-order valence-electron chi connectivity index (χ2n) is 12.2. The average molecular weight is 563 g/mol. The van der Waals surface area contributed by atoms with Crippen LogP contribution in [0.3, 0.4) is 0 Å². The minimum atomic E-state index is -0.730. The molecule has 0 radical (unpaired) electrons. The van der Waals surface area contributed by atoms with Crippen molar-refractivity contribution < 1.29 is 14.3 Å². The number of benzene rings is 1. The van der Waals surface area contributed by atoms with E-state index in [9.17, 15) is 9.59 Å². The van der Waals surface area contributed by atoms with E-state index in [0.29, 0.717) is 30.6 Å². The summed E-state index contributed by atoms with van der Waals surface area (Å²) in [5, 5.41) is 6.21. The van der Waals surface area contributed by atoms with Gasteiger partial charge in [-0.2, -0.15) is 0 Å². The monoisotopic (exact) mass is 562 g/mol. The number of nitrogens with zero attached hydrogens (tertiary/aromatic N) is 4. The Kier molecular flexibility index (Phi) is 6.06. The van der Waals surface area contributed by atoms with Gasteiger partial charge in [-0.1, -0.05) is 36.4 Å². The molecule has 0 saturated carbocycles. The lowest BCUT2D eigenvalue weighted by atomic mass is 9.80. The molecule has 4 atom stereocenters. The van der Waals surface area contributed by atoms with Gasteiger partial charge < -0.3 is 19.9 Å². The van der Waals surface area contributed by atoms with E-state index in [1.54, 1.807) is 19.5 Å². The standard InChI is InChI=1S/C33H34N6O3/c1-19-23(20-9-6-5-7-10-20)14-25(29-36-18-27(39(19)29)32(2,3)42-4)37-30(40)22-13-21-15-33(16-26(21)35-17-22)24-11-8-12-34-28(24)38-31(33)41/h5-13,17-19,23,25H,14-16H2,1-4H3,(H,37,40)(H,34,38,41)/t19?,23-,25+,33?/m1/s1. The lowest BCUT2D eigenvalue weighted by Crippen LogP contribution is -2.39. The quantitative estimate of drug-likeness (QED) is 0.363. The van der Waals surface area contributed by atoms with Gasteiger partial charge in [0.05, 0.1) is 28.9 Å². The third-order valence-corrected chi connectivity index (χ3v) is 9.55. The molecule has 1 spiro atoms. The predicted molar refractivity (Wildman–Crippen MR) is 157 cm³/mol. The zero-order chi connectivity index (χ0) is 29.2. The molecule has 3 aliphatic rings. The summed E-state index contributed by atoms with van der Waals surface area (Å²) in [6, 6.07) is 15.9. The number of carbonyl (C=O) groups excluding carboxylic acids is 2. The van der Waals surface area contributed by atoms with Gasteiger partial charge in [0.15, 0.2) is 0 Å². The zero-order valence-corrected chi connectivity index (χ0v) is 24.2. The number of hydrogen-bond donors (Lipinski definition) is 2. The first kappa shape index (κ1) is 26.5. The molecule has 4 aromatic rings. The zero-order valence-electron chi connectivity index (χ0n) is 24.2. The fraction of sp³-hybridized carbons (Fsp3) is 0.364. The van der Waals surface area contributed by atoms with Crippen LogP contribution in [0.25, 0.3) is 0 Å². The number of amides is 2. The highest BCUT2D eigenvalue weighted by Gasteiger charge is 2.51. The van der Waals surface area contributed by atoms with E-state index in [1.165, 1.54) is 5.56 Å². The number of nitrogens with one attached hydrogen (secondary N) is 2. The summed E-state index contributed by atoms with van der Waals surface area (Å²) in [5.74, 6) is 1.32. The van der Waals surface area contributed by atoms with E-state index in [1.807, 2.05) is 44.3 Å². The maximum absolute atomic E-state index is 13.8. The Hall–Kier alpha value is -4.37. The van der Waals surface area contributed by atoms with Crippen molar-refractivity contribution in [2.75, 3.05) is 12.4 Å². The number of imidazole rings is 1. The molecule has 9 heteroatoms. The summed E-state index contributed by atoms with van der Waals surface area (Å²) in [7, 11) is 1.71. The van der Waals surface area contributed by atoms with Crippen LogP contribution in [0.4, 0.5) is 5.82 Å². The Bertz CT molecular complexity index is 1710. The Labute approximate surface area is 244 Å². The molecule has 0 bridgehead atoms. The molecule has 0 saturated heterocycles. The number of anilines is 1. The number of ether oxygens (including phenoxy) is 1. The van der Waals surface area contributed by atoms with E-state index < -0.39 is 11.0 Å². The van der Waals surface area contributed by atoms with Gasteiger partial charge in [0.1, 0.15) is 17.2 Å².